The molecule has 11 rings (SSSR count). The first-order valence-corrected chi connectivity index (χ1v) is 28.7. The largest absolute Gasteiger partial charge is 0.457 e. The number of ether oxygens (including phenoxy) is 1. The first-order chi connectivity index (χ1) is 37.0. The molecule has 0 saturated carbocycles. The van der Waals surface area contributed by atoms with Crippen LogP contribution in [-0.4, -0.2) is 26.5 Å². The Morgan fingerprint density at radius 2 is 1.10 bits per heavy atom. The fraction of sp³-hybridized carbons (Fsp3) is 0.351. The molecule has 404 valence electrons. The molecule has 0 spiro atoms. The summed E-state index contributed by atoms with van der Waals surface area (Å²) in [5, 5.41) is 2.46. The minimum absolute atomic E-state index is 0.0472. The molecule has 0 unspecified atom stereocenters. The lowest BCUT2D eigenvalue weighted by molar-refractivity contribution is 0.279. The summed E-state index contributed by atoms with van der Waals surface area (Å²) in [6, 6.07) is 52.6. The first kappa shape index (κ1) is 53.7. The highest BCUT2D eigenvalue weighted by atomic mass is 16.5. The maximum atomic E-state index is 7.52. The van der Waals surface area contributed by atoms with Crippen LogP contribution in [0.25, 0.3) is 38.8 Å². The van der Waals surface area contributed by atoms with E-state index in [0.717, 1.165) is 51.0 Å². The van der Waals surface area contributed by atoms with Crippen LogP contribution in [0.4, 0.5) is 5.69 Å². The molecule has 2 aliphatic rings. The minimum atomic E-state index is -0.633. The van der Waals surface area contributed by atoms with Crippen molar-refractivity contribution in [3.63, 3.8) is 0 Å². The van der Waals surface area contributed by atoms with Gasteiger partial charge in [0.05, 0.1) is 22.1 Å². The van der Waals surface area contributed by atoms with Crippen molar-refractivity contribution >= 4 is 33.3 Å². The van der Waals surface area contributed by atoms with E-state index in [-0.39, 0.29) is 27.6 Å². The molecule has 0 aliphatic carbocycles. The quantitative estimate of drug-likeness (QED) is 0.152. The average Bonchev–Trinajstić information content (AvgIpc) is 2.67. The number of aryl methyl sites for hydroxylation is 4. The molecular formula is C74H82N4O. The lowest BCUT2D eigenvalue weighted by Gasteiger charge is -2.50. The first-order valence-electron chi connectivity index (χ1n) is 28.7. The summed E-state index contributed by atoms with van der Waals surface area (Å²) in [5.74, 6) is 3.39. The zero-order valence-electron chi connectivity index (χ0n) is 50.6. The zero-order valence-corrected chi connectivity index (χ0v) is 50.6. The zero-order chi connectivity index (χ0) is 56.7. The molecule has 0 amide bonds. The average molecular weight is 1040 g/mol. The lowest BCUT2D eigenvalue weighted by atomic mass is 9.66. The summed E-state index contributed by atoms with van der Waals surface area (Å²) < 4.78 is 9.94. The van der Waals surface area contributed by atoms with Crippen molar-refractivity contribution in [2.24, 2.45) is 4.99 Å². The van der Waals surface area contributed by atoms with Crippen LogP contribution in [0, 0.1) is 34.6 Å². The van der Waals surface area contributed by atoms with E-state index < -0.39 is 11.1 Å². The predicted molar refractivity (Wildman–Crippen MR) is 335 cm³/mol. The molecule has 5 nitrogen and oxygen atoms in total. The molecule has 0 radical (unpaired) electrons. The number of aromatic nitrogens is 2. The van der Waals surface area contributed by atoms with Crippen LogP contribution in [0.3, 0.4) is 0 Å². The highest BCUT2D eigenvalue weighted by molar-refractivity contribution is 6.15. The van der Waals surface area contributed by atoms with Crippen molar-refractivity contribution in [1.29, 1.82) is 0 Å². The summed E-state index contributed by atoms with van der Waals surface area (Å²) >= 11 is 0. The van der Waals surface area contributed by atoms with Gasteiger partial charge >= 0.3 is 0 Å². The Hall–Kier alpha value is -7.24. The topological polar surface area (TPSA) is 42.6 Å². The number of aliphatic imine (C=N–C) groups is 1. The minimum Gasteiger partial charge on any atom is -0.457 e. The number of benzene rings is 7. The van der Waals surface area contributed by atoms with E-state index in [1.807, 2.05) is 6.20 Å². The normalized spacial score (nSPS) is 17.0. The number of hydrogen-bond donors (Lipinski definition) is 0. The number of hydrogen-bond acceptors (Lipinski definition) is 4. The van der Waals surface area contributed by atoms with Gasteiger partial charge in [-0.05, 0) is 192 Å². The molecule has 7 aromatic carbocycles. The lowest BCUT2D eigenvalue weighted by Crippen LogP contribution is -2.60. The van der Waals surface area contributed by atoms with Crippen molar-refractivity contribution in [3.05, 3.63) is 218 Å². The molecule has 0 bridgehead atoms. The molecule has 5 heteroatoms. The molecule has 2 aromatic heterocycles. The van der Waals surface area contributed by atoms with E-state index >= 15 is 0 Å². The number of fused-ring (bicyclic) bond motifs is 5. The van der Waals surface area contributed by atoms with E-state index in [1.165, 1.54) is 83.1 Å². The number of amidine groups is 1. The Bertz CT molecular complexity index is 3870. The van der Waals surface area contributed by atoms with Crippen LogP contribution in [0.2, 0.25) is 0 Å². The van der Waals surface area contributed by atoms with Gasteiger partial charge in [0.1, 0.15) is 23.2 Å². The van der Waals surface area contributed by atoms with Crippen molar-refractivity contribution in [3.8, 4) is 28.4 Å². The third-order valence-corrected chi connectivity index (χ3v) is 18.3. The molecule has 4 heterocycles. The number of pyridine rings is 1. The fourth-order valence-electron chi connectivity index (χ4n) is 13.3. The van der Waals surface area contributed by atoms with E-state index in [9.17, 15) is 0 Å². The predicted octanol–water partition coefficient (Wildman–Crippen LogP) is 19.3. The van der Waals surface area contributed by atoms with Gasteiger partial charge in [0.25, 0.3) is 0 Å². The molecule has 0 N–H and O–H groups in total. The molecular weight excluding hydrogens is 961 g/mol. The van der Waals surface area contributed by atoms with Crippen LogP contribution in [-0.2, 0) is 21.7 Å². The van der Waals surface area contributed by atoms with Gasteiger partial charge in [-0.3, -0.25) is 9.56 Å². The van der Waals surface area contributed by atoms with Crippen LogP contribution < -0.4 is 9.64 Å². The Morgan fingerprint density at radius 3 is 1.70 bits per heavy atom. The monoisotopic (exact) mass is 1040 g/mol. The van der Waals surface area contributed by atoms with Gasteiger partial charge in [0.15, 0.2) is 0 Å². The van der Waals surface area contributed by atoms with E-state index in [2.05, 4.69) is 281 Å². The fourth-order valence-corrected chi connectivity index (χ4v) is 13.3. The van der Waals surface area contributed by atoms with Crippen molar-refractivity contribution in [1.82, 2.24) is 9.55 Å². The summed E-state index contributed by atoms with van der Waals surface area (Å²) in [6.07, 6.45) is 1.97. The molecule has 9 aromatic rings. The number of anilines is 1. The highest BCUT2D eigenvalue weighted by Gasteiger charge is 2.58. The molecule has 0 saturated heterocycles. The SMILES string of the molecule is Cc1cc2c3cc(C(C)(C)C)cc4c3n(c2cc1Oc1cc(C2=NC(C)(C)[C@](C)(C(c3ccccc3)c3ccccc3)N2c2cc(C(C)(C)C)cc(C(C)(C)C)c2)cc(-c2c(C)ccc(C)c2C)c1)-c1nccc(C)c1C4(C)C. The number of nitrogens with zero attached hydrogens (tertiary/aromatic N) is 4. The van der Waals surface area contributed by atoms with Crippen molar-refractivity contribution < 1.29 is 4.74 Å². The van der Waals surface area contributed by atoms with Gasteiger partial charge in [-0.15, -0.1) is 0 Å². The van der Waals surface area contributed by atoms with Gasteiger partial charge in [-0.1, -0.05) is 161 Å². The maximum absolute atomic E-state index is 7.52. The van der Waals surface area contributed by atoms with E-state index in [4.69, 9.17) is 14.7 Å². The van der Waals surface area contributed by atoms with Crippen molar-refractivity contribution in [2.45, 2.75) is 170 Å². The van der Waals surface area contributed by atoms with E-state index in [1.54, 1.807) is 0 Å². The summed E-state index contributed by atoms with van der Waals surface area (Å²) in [5.41, 5.74) is 20.0. The van der Waals surface area contributed by atoms with E-state index in [0.29, 0.717) is 0 Å². The van der Waals surface area contributed by atoms with Crippen LogP contribution >= 0.6 is 0 Å². The summed E-state index contributed by atoms with van der Waals surface area (Å²) in [4.78, 5) is 13.9. The second kappa shape index (κ2) is 18.4. The Balaban J connectivity index is 1.19. The molecule has 79 heavy (non-hydrogen) atoms. The van der Waals surface area contributed by atoms with Crippen LogP contribution in [0.5, 0.6) is 11.5 Å². The third kappa shape index (κ3) is 8.73. The summed E-state index contributed by atoms with van der Waals surface area (Å²) in [6.45, 7) is 44.0. The molecule has 2 aliphatic heterocycles. The highest BCUT2D eigenvalue weighted by Crippen LogP contribution is 2.55. The molecule has 1 atom stereocenters. The number of rotatable bonds is 8. The third-order valence-electron chi connectivity index (χ3n) is 18.3. The van der Waals surface area contributed by atoms with Crippen LogP contribution in [0.1, 0.15) is 175 Å². The Morgan fingerprint density at radius 1 is 0.532 bits per heavy atom. The maximum Gasteiger partial charge on any atom is 0.141 e. The van der Waals surface area contributed by atoms with Gasteiger partial charge in [-0.25, -0.2) is 4.98 Å². The van der Waals surface area contributed by atoms with Crippen molar-refractivity contribution in [2.75, 3.05) is 4.90 Å². The Kier molecular flexibility index (Phi) is 12.5. The van der Waals surface area contributed by atoms with Gasteiger partial charge in [-0.2, -0.15) is 0 Å². The standard InChI is InChI=1S/C74H82N4O/c1-44-30-31-45(2)63(48(44)5)51-35-52(37-57(36-51)79-62-43-61-58(34-47(62)4)59-41-55(71(12,13)14)42-60-66(59)77(61)68-64(72(60,15)16)46(3)32-33-75-68)67-76-73(17,18)74(19,65(49-26-22-20-23-27-49)50-28-24-21-25-29-50)78(67)56-39-53(69(6,7)8)38-54(40-56)70(9,10)11/h20-43,65H,1-19H3/t74-/m0/s1. The molecule has 0 fully saturated rings. The summed E-state index contributed by atoms with van der Waals surface area (Å²) in [7, 11) is 0. The smallest absolute Gasteiger partial charge is 0.141 e. The van der Waals surface area contributed by atoms with Gasteiger partial charge < -0.3 is 9.64 Å². The second-order valence-corrected chi connectivity index (χ2v) is 27.6. The van der Waals surface area contributed by atoms with Crippen LogP contribution in [0.15, 0.2) is 151 Å². The second-order valence-electron chi connectivity index (χ2n) is 27.6. The van der Waals surface area contributed by atoms with Gasteiger partial charge in [0, 0.05) is 51.2 Å². The van der Waals surface area contributed by atoms with Gasteiger partial charge in [0.2, 0.25) is 0 Å². The Labute approximate surface area is 471 Å².